The molecule has 0 rings (SSSR count). The molecule has 0 aliphatic carbocycles. The quantitative estimate of drug-likeness (QED) is 0.601. The van der Waals surface area contributed by atoms with Crippen LogP contribution in [0.3, 0.4) is 0 Å². The van der Waals surface area contributed by atoms with Crippen molar-refractivity contribution < 1.29 is 24.5 Å². The van der Waals surface area contributed by atoms with Gasteiger partial charge in [-0.3, -0.25) is 4.79 Å². The van der Waals surface area contributed by atoms with E-state index in [0.717, 1.165) is 0 Å². The molecule has 0 spiro atoms. The Hall–Kier alpha value is -1.98. The number of aliphatic carboxylic acids is 2. The molecule has 0 saturated carbocycles. The smallest absolute Gasteiger partial charge is 0.337 e. The first kappa shape index (κ1) is 13.0. The number of carboxylic acids is 2. The van der Waals surface area contributed by atoms with Gasteiger partial charge in [-0.05, 0) is 0 Å². The van der Waals surface area contributed by atoms with Crippen LogP contribution in [-0.4, -0.2) is 34.4 Å². The minimum Gasteiger partial charge on any atom is -0.481 e. The van der Waals surface area contributed by atoms with Gasteiger partial charge in [0.2, 0.25) is 0 Å². The molecule has 1 atom stereocenters. The SMILES string of the molecule is C#CCOC(CC#C)(CC(=O)O)C(=O)O. The average Bonchev–Trinajstić information content (AvgIpc) is 2.13. The molecule has 0 radical (unpaired) electrons. The van der Waals surface area contributed by atoms with Crippen molar-refractivity contribution >= 4 is 11.9 Å². The Morgan fingerprint density at radius 1 is 1.27 bits per heavy atom. The lowest BCUT2D eigenvalue weighted by Crippen LogP contribution is -2.43. The summed E-state index contributed by atoms with van der Waals surface area (Å²) in [5, 5.41) is 17.4. The van der Waals surface area contributed by atoms with Crippen molar-refractivity contribution in [2.24, 2.45) is 0 Å². The Morgan fingerprint density at radius 2 is 1.87 bits per heavy atom. The molecule has 2 N–H and O–H groups in total. The lowest BCUT2D eigenvalue weighted by molar-refractivity contribution is -0.170. The van der Waals surface area contributed by atoms with Crippen molar-refractivity contribution in [3.63, 3.8) is 0 Å². The van der Waals surface area contributed by atoms with Crippen LogP contribution in [0.15, 0.2) is 0 Å². The summed E-state index contributed by atoms with van der Waals surface area (Å²) in [6, 6.07) is 0. The van der Waals surface area contributed by atoms with E-state index in [1.807, 2.05) is 0 Å². The molecule has 0 aliphatic heterocycles. The molecular formula is C10H10O5. The maximum atomic E-state index is 10.9. The van der Waals surface area contributed by atoms with E-state index < -0.39 is 24.0 Å². The van der Waals surface area contributed by atoms with Crippen molar-refractivity contribution in [3.05, 3.63) is 0 Å². The van der Waals surface area contributed by atoms with E-state index in [1.54, 1.807) is 0 Å². The summed E-state index contributed by atoms with van der Waals surface area (Å²) in [5.74, 6) is 1.38. The highest BCUT2D eigenvalue weighted by atomic mass is 16.5. The van der Waals surface area contributed by atoms with E-state index in [0.29, 0.717) is 0 Å². The highest BCUT2D eigenvalue weighted by Gasteiger charge is 2.41. The Morgan fingerprint density at radius 3 is 2.20 bits per heavy atom. The predicted molar refractivity (Wildman–Crippen MR) is 50.9 cm³/mol. The number of ether oxygens (including phenoxy) is 1. The Kier molecular flexibility index (Phi) is 4.94. The molecule has 5 nitrogen and oxygen atoms in total. The van der Waals surface area contributed by atoms with E-state index in [2.05, 4.69) is 11.8 Å². The van der Waals surface area contributed by atoms with Crippen LogP contribution in [0, 0.1) is 24.7 Å². The first-order chi connectivity index (χ1) is 6.98. The fraction of sp³-hybridized carbons (Fsp3) is 0.400. The molecule has 0 saturated heterocycles. The van der Waals surface area contributed by atoms with Gasteiger partial charge in [-0.2, -0.15) is 0 Å². The van der Waals surface area contributed by atoms with Gasteiger partial charge < -0.3 is 14.9 Å². The van der Waals surface area contributed by atoms with Crippen molar-refractivity contribution in [1.82, 2.24) is 0 Å². The zero-order valence-corrected chi connectivity index (χ0v) is 7.90. The standard InChI is InChI=1S/C10H10O5/c1-3-5-10(9(13)14,7-8(11)12)15-6-4-2/h1-2H,5-7H2,(H,11,12)(H,13,14). The second-order valence-corrected chi connectivity index (χ2v) is 2.74. The maximum Gasteiger partial charge on any atom is 0.337 e. The van der Waals surface area contributed by atoms with Gasteiger partial charge in [-0.1, -0.05) is 5.92 Å². The third-order valence-electron chi connectivity index (χ3n) is 1.65. The monoisotopic (exact) mass is 210 g/mol. The largest absolute Gasteiger partial charge is 0.481 e. The predicted octanol–water partition coefficient (Wildman–Crippen LogP) is -0.0424. The minimum absolute atomic E-state index is 0.304. The molecule has 0 heterocycles. The van der Waals surface area contributed by atoms with Crippen LogP contribution in [-0.2, 0) is 14.3 Å². The zero-order valence-electron chi connectivity index (χ0n) is 7.90. The van der Waals surface area contributed by atoms with Gasteiger partial charge >= 0.3 is 11.9 Å². The number of rotatable bonds is 6. The summed E-state index contributed by atoms with van der Waals surface area (Å²) in [7, 11) is 0. The van der Waals surface area contributed by atoms with Gasteiger partial charge in [0.25, 0.3) is 0 Å². The van der Waals surface area contributed by atoms with Crippen molar-refractivity contribution in [3.8, 4) is 24.7 Å². The first-order valence-electron chi connectivity index (χ1n) is 3.94. The zero-order chi connectivity index (χ0) is 11.9. The summed E-state index contributed by atoms with van der Waals surface area (Å²) < 4.78 is 4.83. The molecule has 15 heavy (non-hydrogen) atoms. The van der Waals surface area contributed by atoms with E-state index in [4.69, 9.17) is 27.8 Å². The number of terminal acetylenes is 2. The number of carboxylic acid groups (broad SMARTS) is 2. The van der Waals surface area contributed by atoms with Crippen molar-refractivity contribution in [1.29, 1.82) is 0 Å². The van der Waals surface area contributed by atoms with Crippen molar-refractivity contribution in [2.45, 2.75) is 18.4 Å². The first-order valence-corrected chi connectivity index (χ1v) is 3.94. The highest BCUT2D eigenvalue weighted by Crippen LogP contribution is 2.21. The number of hydrogen-bond donors (Lipinski definition) is 2. The lowest BCUT2D eigenvalue weighted by Gasteiger charge is -2.24. The van der Waals surface area contributed by atoms with E-state index in [-0.39, 0.29) is 13.0 Å². The Bertz CT molecular complexity index is 333. The van der Waals surface area contributed by atoms with Crippen LogP contribution in [0.4, 0.5) is 0 Å². The molecule has 5 heteroatoms. The number of hydrogen-bond acceptors (Lipinski definition) is 3. The van der Waals surface area contributed by atoms with E-state index in [9.17, 15) is 9.59 Å². The van der Waals surface area contributed by atoms with Gasteiger partial charge in [0.15, 0.2) is 5.60 Å². The number of carbonyl (C=O) groups is 2. The molecule has 0 aromatic rings. The Labute approximate surface area is 87.0 Å². The van der Waals surface area contributed by atoms with Gasteiger partial charge in [0.1, 0.15) is 6.61 Å². The fourth-order valence-electron chi connectivity index (χ4n) is 0.966. The average molecular weight is 210 g/mol. The molecule has 0 bridgehead atoms. The van der Waals surface area contributed by atoms with Crippen LogP contribution in [0.25, 0.3) is 0 Å². The van der Waals surface area contributed by atoms with Crippen LogP contribution < -0.4 is 0 Å². The third-order valence-corrected chi connectivity index (χ3v) is 1.65. The normalized spacial score (nSPS) is 13.2. The van der Waals surface area contributed by atoms with Gasteiger partial charge in [0.05, 0.1) is 6.42 Å². The summed E-state index contributed by atoms with van der Waals surface area (Å²) in [4.78, 5) is 21.4. The van der Waals surface area contributed by atoms with Crippen LogP contribution in [0.5, 0.6) is 0 Å². The molecule has 0 fully saturated rings. The van der Waals surface area contributed by atoms with Crippen LogP contribution in [0.1, 0.15) is 12.8 Å². The molecule has 0 aromatic carbocycles. The van der Waals surface area contributed by atoms with Crippen molar-refractivity contribution in [2.75, 3.05) is 6.61 Å². The fourth-order valence-corrected chi connectivity index (χ4v) is 0.966. The Balaban J connectivity index is 4.91. The molecule has 1 unspecified atom stereocenters. The van der Waals surface area contributed by atoms with Crippen LogP contribution in [0.2, 0.25) is 0 Å². The molecule has 0 aliphatic rings. The molecule has 0 amide bonds. The van der Waals surface area contributed by atoms with E-state index >= 15 is 0 Å². The molecule has 80 valence electrons. The minimum atomic E-state index is -1.94. The van der Waals surface area contributed by atoms with Gasteiger partial charge in [-0.25, -0.2) is 4.79 Å². The highest BCUT2D eigenvalue weighted by molar-refractivity contribution is 5.84. The van der Waals surface area contributed by atoms with E-state index in [1.165, 1.54) is 0 Å². The van der Waals surface area contributed by atoms with Gasteiger partial charge in [-0.15, -0.1) is 18.8 Å². The summed E-state index contributed by atoms with van der Waals surface area (Å²) >= 11 is 0. The second kappa shape index (κ2) is 5.69. The maximum absolute atomic E-state index is 10.9. The summed E-state index contributed by atoms with van der Waals surface area (Å²) in [6.07, 6.45) is 8.78. The summed E-state index contributed by atoms with van der Waals surface area (Å²) in [6.45, 7) is -0.304. The van der Waals surface area contributed by atoms with Crippen LogP contribution >= 0.6 is 0 Å². The molecule has 0 aromatic heterocycles. The second-order valence-electron chi connectivity index (χ2n) is 2.74. The molecular weight excluding hydrogens is 200 g/mol. The van der Waals surface area contributed by atoms with Gasteiger partial charge in [0, 0.05) is 6.42 Å². The summed E-state index contributed by atoms with van der Waals surface area (Å²) in [5.41, 5.74) is -1.94. The third kappa shape index (κ3) is 3.72. The topological polar surface area (TPSA) is 83.8 Å². The lowest BCUT2D eigenvalue weighted by atomic mass is 9.96.